The van der Waals surface area contributed by atoms with Gasteiger partial charge in [0.2, 0.25) is 0 Å². The van der Waals surface area contributed by atoms with Crippen molar-refractivity contribution >= 4 is 17.6 Å². The molecule has 2 rings (SSSR count). The van der Waals surface area contributed by atoms with E-state index in [4.69, 9.17) is 5.11 Å². The fourth-order valence-electron chi connectivity index (χ4n) is 1.57. The highest BCUT2D eigenvalue weighted by atomic mass is 19.1. The minimum atomic E-state index is -1.39. The third kappa shape index (κ3) is 2.97. The molecule has 0 aromatic heterocycles. The molecule has 2 aromatic carbocycles. The lowest BCUT2D eigenvalue weighted by Crippen LogP contribution is -2.12. The first-order chi connectivity index (χ1) is 9.47. The van der Waals surface area contributed by atoms with Crippen molar-refractivity contribution in [2.24, 2.45) is 0 Å². The Morgan fingerprint density at radius 2 is 1.65 bits per heavy atom. The van der Waals surface area contributed by atoms with E-state index < -0.39 is 29.1 Å². The van der Waals surface area contributed by atoms with Gasteiger partial charge in [-0.15, -0.1) is 0 Å². The smallest absolute Gasteiger partial charge is 0.338 e. The van der Waals surface area contributed by atoms with Gasteiger partial charge in [0, 0.05) is 11.3 Å². The SMILES string of the molecule is O=C(Nc1ccc(C(=O)O)c(F)c1)c1ccc(F)cc1. The summed E-state index contributed by atoms with van der Waals surface area (Å²) in [6, 6.07) is 8.06. The molecule has 0 aliphatic heterocycles. The molecule has 0 spiro atoms. The first-order valence-corrected chi connectivity index (χ1v) is 5.57. The predicted octanol–water partition coefficient (Wildman–Crippen LogP) is 2.92. The summed E-state index contributed by atoms with van der Waals surface area (Å²) in [6.07, 6.45) is 0. The van der Waals surface area contributed by atoms with Crippen LogP contribution in [0.2, 0.25) is 0 Å². The van der Waals surface area contributed by atoms with Crippen LogP contribution in [0.3, 0.4) is 0 Å². The molecule has 0 unspecified atom stereocenters. The van der Waals surface area contributed by atoms with E-state index in [-0.39, 0.29) is 11.3 Å². The number of carbonyl (C=O) groups is 2. The summed E-state index contributed by atoms with van der Waals surface area (Å²) in [7, 11) is 0. The van der Waals surface area contributed by atoms with E-state index in [2.05, 4.69) is 5.32 Å². The predicted molar refractivity (Wildman–Crippen MR) is 67.7 cm³/mol. The Morgan fingerprint density at radius 1 is 1.00 bits per heavy atom. The van der Waals surface area contributed by atoms with Crippen molar-refractivity contribution in [2.75, 3.05) is 5.32 Å². The third-order valence-corrected chi connectivity index (χ3v) is 2.56. The zero-order chi connectivity index (χ0) is 14.7. The van der Waals surface area contributed by atoms with Crippen molar-refractivity contribution < 1.29 is 23.5 Å². The Morgan fingerprint density at radius 3 is 2.20 bits per heavy atom. The second-order valence-electron chi connectivity index (χ2n) is 3.96. The summed E-state index contributed by atoms with van der Waals surface area (Å²) in [4.78, 5) is 22.4. The minimum Gasteiger partial charge on any atom is -0.478 e. The van der Waals surface area contributed by atoms with Crippen molar-refractivity contribution in [3.63, 3.8) is 0 Å². The van der Waals surface area contributed by atoms with Crippen molar-refractivity contribution in [3.05, 3.63) is 65.2 Å². The Labute approximate surface area is 112 Å². The van der Waals surface area contributed by atoms with Crippen LogP contribution in [0.15, 0.2) is 42.5 Å². The molecule has 2 N–H and O–H groups in total. The molecule has 2 aromatic rings. The number of carboxylic acids is 1. The normalized spacial score (nSPS) is 10.1. The Kier molecular flexibility index (Phi) is 3.74. The Hall–Kier alpha value is -2.76. The largest absolute Gasteiger partial charge is 0.478 e. The lowest BCUT2D eigenvalue weighted by Gasteiger charge is -2.06. The first-order valence-electron chi connectivity index (χ1n) is 5.57. The molecule has 20 heavy (non-hydrogen) atoms. The number of carboxylic acid groups (broad SMARTS) is 1. The molecule has 0 aliphatic carbocycles. The van der Waals surface area contributed by atoms with Crippen LogP contribution in [0.1, 0.15) is 20.7 Å². The van der Waals surface area contributed by atoms with E-state index >= 15 is 0 Å². The maximum Gasteiger partial charge on any atom is 0.338 e. The van der Waals surface area contributed by atoms with Crippen LogP contribution in [-0.4, -0.2) is 17.0 Å². The molecule has 6 heteroatoms. The second-order valence-corrected chi connectivity index (χ2v) is 3.96. The van der Waals surface area contributed by atoms with E-state index in [1.807, 2.05) is 0 Å². The van der Waals surface area contributed by atoms with Crippen LogP contribution < -0.4 is 5.32 Å². The third-order valence-electron chi connectivity index (χ3n) is 2.56. The number of carbonyl (C=O) groups excluding carboxylic acids is 1. The van der Waals surface area contributed by atoms with Crippen molar-refractivity contribution in [1.29, 1.82) is 0 Å². The topological polar surface area (TPSA) is 66.4 Å². The molecular formula is C14H9F2NO3. The van der Waals surface area contributed by atoms with Gasteiger partial charge in [-0.25, -0.2) is 13.6 Å². The van der Waals surface area contributed by atoms with Crippen LogP contribution in [-0.2, 0) is 0 Å². The number of nitrogens with one attached hydrogen (secondary N) is 1. The average Bonchev–Trinajstić information content (AvgIpc) is 2.39. The maximum atomic E-state index is 13.4. The molecule has 0 heterocycles. The molecule has 0 saturated carbocycles. The zero-order valence-electron chi connectivity index (χ0n) is 10.1. The molecule has 0 radical (unpaired) electrons. The van der Waals surface area contributed by atoms with Gasteiger partial charge in [-0.2, -0.15) is 0 Å². The highest BCUT2D eigenvalue weighted by Gasteiger charge is 2.12. The van der Waals surface area contributed by atoms with Gasteiger partial charge in [-0.3, -0.25) is 4.79 Å². The molecule has 4 nitrogen and oxygen atoms in total. The lowest BCUT2D eigenvalue weighted by molar-refractivity contribution is 0.0692. The van der Waals surface area contributed by atoms with Gasteiger partial charge in [0.25, 0.3) is 5.91 Å². The summed E-state index contributed by atoms with van der Waals surface area (Å²) in [5, 5.41) is 11.1. The lowest BCUT2D eigenvalue weighted by atomic mass is 10.1. The summed E-state index contributed by atoms with van der Waals surface area (Å²) in [5.74, 6) is -3.36. The average molecular weight is 277 g/mol. The second kappa shape index (κ2) is 5.48. The maximum absolute atomic E-state index is 13.4. The minimum absolute atomic E-state index is 0.113. The van der Waals surface area contributed by atoms with Gasteiger partial charge in [0.05, 0.1) is 5.56 Å². The van der Waals surface area contributed by atoms with Crippen LogP contribution in [0, 0.1) is 11.6 Å². The van der Waals surface area contributed by atoms with Gasteiger partial charge in [-0.05, 0) is 42.5 Å². The van der Waals surface area contributed by atoms with Crippen molar-refractivity contribution in [1.82, 2.24) is 0 Å². The van der Waals surface area contributed by atoms with E-state index in [0.29, 0.717) is 0 Å². The number of hydrogen-bond donors (Lipinski definition) is 2. The number of aromatic carboxylic acids is 1. The fourth-order valence-corrected chi connectivity index (χ4v) is 1.57. The van der Waals surface area contributed by atoms with E-state index in [1.54, 1.807) is 0 Å². The van der Waals surface area contributed by atoms with E-state index in [0.717, 1.165) is 24.3 Å². The van der Waals surface area contributed by atoms with Gasteiger partial charge in [0.15, 0.2) is 0 Å². The van der Waals surface area contributed by atoms with Crippen LogP contribution in [0.4, 0.5) is 14.5 Å². The highest BCUT2D eigenvalue weighted by molar-refractivity contribution is 6.04. The highest BCUT2D eigenvalue weighted by Crippen LogP contribution is 2.15. The van der Waals surface area contributed by atoms with Crippen molar-refractivity contribution in [3.8, 4) is 0 Å². The molecule has 0 bridgehead atoms. The Bertz CT molecular complexity index is 669. The van der Waals surface area contributed by atoms with Gasteiger partial charge >= 0.3 is 5.97 Å². The molecular weight excluding hydrogens is 268 g/mol. The number of amides is 1. The van der Waals surface area contributed by atoms with E-state index in [9.17, 15) is 18.4 Å². The summed E-state index contributed by atoms with van der Waals surface area (Å²) >= 11 is 0. The van der Waals surface area contributed by atoms with Gasteiger partial charge < -0.3 is 10.4 Å². The van der Waals surface area contributed by atoms with Crippen LogP contribution >= 0.6 is 0 Å². The monoisotopic (exact) mass is 277 g/mol. The number of anilines is 1. The fraction of sp³-hybridized carbons (Fsp3) is 0. The first kappa shape index (κ1) is 13.7. The number of halogens is 2. The molecule has 0 atom stereocenters. The van der Waals surface area contributed by atoms with Crippen LogP contribution in [0.5, 0.6) is 0 Å². The van der Waals surface area contributed by atoms with Crippen LogP contribution in [0.25, 0.3) is 0 Å². The zero-order valence-corrected chi connectivity index (χ0v) is 10.1. The molecule has 102 valence electrons. The number of rotatable bonds is 3. The van der Waals surface area contributed by atoms with E-state index in [1.165, 1.54) is 18.2 Å². The van der Waals surface area contributed by atoms with Crippen molar-refractivity contribution in [2.45, 2.75) is 0 Å². The molecule has 0 fully saturated rings. The summed E-state index contributed by atoms with van der Waals surface area (Å²) < 4.78 is 26.1. The van der Waals surface area contributed by atoms with Gasteiger partial charge in [-0.1, -0.05) is 0 Å². The quantitative estimate of drug-likeness (QED) is 0.906. The Balaban J connectivity index is 2.18. The standard InChI is InChI=1S/C14H9F2NO3/c15-9-3-1-8(2-4-9)13(18)17-10-5-6-11(14(19)20)12(16)7-10/h1-7H,(H,17,18)(H,19,20). The summed E-state index contributed by atoms with van der Waals surface area (Å²) in [5.41, 5.74) is -0.166. The number of hydrogen-bond acceptors (Lipinski definition) is 2. The molecule has 1 amide bonds. The summed E-state index contributed by atoms with van der Waals surface area (Å²) in [6.45, 7) is 0. The molecule has 0 saturated heterocycles. The van der Waals surface area contributed by atoms with Gasteiger partial charge in [0.1, 0.15) is 11.6 Å². The number of benzene rings is 2. The molecule has 0 aliphatic rings.